The van der Waals surface area contributed by atoms with E-state index in [1.54, 1.807) is 6.92 Å². The molecule has 2 N–H and O–H groups in total. The fraction of sp³-hybridized carbons (Fsp3) is 0.316. The van der Waals surface area contributed by atoms with Gasteiger partial charge < -0.3 is 14.7 Å². The van der Waals surface area contributed by atoms with Crippen molar-refractivity contribution in [2.75, 3.05) is 12.3 Å². The number of rotatable bonds is 8. The third-order valence-electron chi connectivity index (χ3n) is 4.16. The lowest BCUT2D eigenvalue weighted by Crippen LogP contribution is -2.38. The Morgan fingerprint density at radius 2 is 2.00 bits per heavy atom. The summed E-state index contributed by atoms with van der Waals surface area (Å²) in [6, 6.07) is 9.27. The largest absolute Gasteiger partial charge is 0.416 e. The second kappa shape index (κ2) is 9.37. The van der Waals surface area contributed by atoms with Crippen LogP contribution in [0.1, 0.15) is 29.6 Å². The summed E-state index contributed by atoms with van der Waals surface area (Å²) in [5.41, 5.74) is 0.814. The van der Waals surface area contributed by atoms with E-state index in [0.717, 1.165) is 21.9 Å². The molecule has 29 heavy (non-hydrogen) atoms. The average molecular weight is 415 g/mol. The summed E-state index contributed by atoms with van der Waals surface area (Å²) in [4.78, 5) is 39.4. The number of carbonyl (C=O) groups excluding carboxylic acids is 1. The smallest absolute Gasteiger partial charge is 0.328 e. The third kappa shape index (κ3) is 5.23. The summed E-state index contributed by atoms with van der Waals surface area (Å²) in [5.74, 6) is 0.274. The van der Waals surface area contributed by atoms with Crippen LogP contribution in [0.25, 0.3) is 0 Å². The number of nitrogens with zero attached hydrogens (tertiary/aromatic N) is 3. The van der Waals surface area contributed by atoms with Gasteiger partial charge in [-0.1, -0.05) is 42.1 Å². The van der Waals surface area contributed by atoms with Crippen LogP contribution in [0.3, 0.4) is 0 Å². The van der Waals surface area contributed by atoms with Crippen molar-refractivity contribution in [3.8, 4) is 0 Å². The summed E-state index contributed by atoms with van der Waals surface area (Å²) in [5, 5.41) is 10.8. The molecule has 0 aliphatic carbocycles. The van der Waals surface area contributed by atoms with Gasteiger partial charge in [0, 0.05) is 17.8 Å². The van der Waals surface area contributed by atoms with Crippen LogP contribution in [-0.2, 0) is 17.8 Å². The molecule has 1 aromatic carbocycles. The number of nitrogens with one attached hydrogen (secondary N) is 2. The fourth-order valence-electron chi connectivity index (χ4n) is 2.73. The lowest BCUT2D eigenvalue weighted by Gasteiger charge is -2.09. The SMILES string of the molecule is CCNC(=O)CSc1nnc(Cc2c(C)[nH]c(=O)n(Cc3ccccc3)c2=O)o1. The zero-order valence-electron chi connectivity index (χ0n) is 16.1. The van der Waals surface area contributed by atoms with Crippen LogP contribution in [-0.4, -0.2) is 38.0 Å². The standard InChI is InChI=1S/C19H21N5O4S/c1-3-20-15(25)11-29-19-23-22-16(28-19)9-14-12(2)21-18(27)24(17(14)26)10-13-7-5-4-6-8-13/h4-8H,3,9-11H2,1-2H3,(H,20,25)(H,21,27). The molecule has 0 saturated heterocycles. The highest BCUT2D eigenvalue weighted by molar-refractivity contribution is 7.99. The third-order valence-corrected chi connectivity index (χ3v) is 4.97. The van der Waals surface area contributed by atoms with Gasteiger partial charge in [0.25, 0.3) is 10.8 Å². The molecule has 0 atom stereocenters. The van der Waals surface area contributed by atoms with E-state index in [2.05, 4.69) is 20.5 Å². The lowest BCUT2D eigenvalue weighted by atomic mass is 10.1. The van der Waals surface area contributed by atoms with Crippen molar-refractivity contribution in [1.82, 2.24) is 25.1 Å². The van der Waals surface area contributed by atoms with Crippen LogP contribution in [0, 0.1) is 6.92 Å². The molecule has 1 amide bonds. The minimum atomic E-state index is -0.469. The molecule has 0 bridgehead atoms. The van der Waals surface area contributed by atoms with E-state index in [-0.39, 0.29) is 35.7 Å². The quantitative estimate of drug-likeness (QED) is 0.528. The summed E-state index contributed by atoms with van der Waals surface area (Å²) < 4.78 is 6.69. The predicted octanol–water partition coefficient (Wildman–Crippen LogP) is 1.10. The van der Waals surface area contributed by atoms with Gasteiger partial charge in [-0.15, -0.1) is 10.2 Å². The van der Waals surface area contributed by atoms with Crippen LogP contribution >= 0.6 is 11.8 Å². The lowest BCUT2D eigenvalue weighted by molar-refractivity contribution is -0.118. The molecule has 9 nitrogen and oxygen atoms in total. The van der Waals surface area contributed by atoms with Gasteiger partial charge >= 0.3 is 5.69 Å². The Kier molecular flexibility index (Phi) is 6.65. The molecule has 0 spiro atoms. The normalized spacial score (nSPS) is 10.8. The molecular formula is C19H21N5O4S. The van der Waals surface area contributed by atoms with E-state index in [4.69, 9.17) is 4.42 Å². The number of thioether (sulfide) groups is 1. The van der Waals surface area contributed by atoms with Crippen molar-refractivity contribution in [3.05, 3.63) is 73.9 Å². The van der Waals surface area contributed by atoms with Crippen molar-refractivity contribution in [2.45, 2.75) is 32.0 Å². The highest BCUT2D eigenvalue weighted by Crippen LogP contribution is 2.17. The van der Waals surface area contributed by atoms with Crippen molar-refractivity contribution in [2.24, 2.45) is 0 Å². The first-order valence-electron chi connectivity index (χ1n) is 9.06. The zero-order chi connectivity index (χ0) is 20.8. The molecule has 0 unspecified atom stereocenters. The highest BCUT2D eigenvalue weighted by Gasteiger charge is 2.16. The Morgan fingerprint density at radius 3 is 2.72 bits per heavy atom. The maximum Gasteiger partial charge on any atom is 0.328 e. The van der Waals surface area contributed by atoms with Gasteiger partial charge in [0.15, 0.2) is 0 Å². The Balaban J connectivity index is 1.79. The number of hydrogen-bond donors (Lipinski definition) is 2. The molecule has 3 rings (SSSR count). The van der Waals surface area contributed by atoms with Gasteiger partial charge in [0.2, 0.25) is 11.8 Å². The molecule has 0 aliphatic heterocycles. The summed E-state index contributed by atoms with van der Waals surface area (Å²) in [7, 11) is 0. The zero-order valence-corrected chi connectivity index (χ0v) is 16.9. The molecule has 0 aliphatic rings. The number of benzene rings is 1. The van der Waals surface area contributed by atoms with Crippen LogP contribution < -0.4 is 16.6 Å². The van der Waals surface area contributed by atoms with E-state index < -0.39 is 11.2 Å². The topological polar surface area (TPSA) is 123 Å². The van der Waals surface area contributed by atoms with Crippen LogP contribution in [0.4, 0.5) is 0 Å². The van der Waals surface area contributed by atoms with E-state index in [9.17, 15) is 14.4 Å². The van der Waals surface area contributed by atoms with E-state index in [1.165, 1.54) is 0 Å². The minimum Gasteiger partial charge on any atom is -0.416 e. The number of H-pyrrole nitrogens is 1. The average Bonchev–Trinajstić information content (AvgIpc) is 3.15. The Hall–Kier alpha value is -3.14. The first-order chi connectivity index (χ1) is 14.0. The first-order valence-corrected chi connectivity index (χ1v) is 10.0. The Morgan fingerprint density at radius 1 is 1.24 bits per heavy atom. The summed E-state index contributed by atoms with van der Waals surface area (Å²) in [6.45, 7) is 4.21. The van der Waals surface area contributed by atoms with Gasteiger partial charge in [0.1, 0.15) is 0 Å². The second-order valence-corrected chi connectivity index (χ2v) is 7.22. The number of aromatic amines is 1. The molecule has 0 saturated carbocycles. The van der Waals surface area contributed by atoms with Gasteiger partial charge in [0.05, 0.1) is 18.7 Å². The number of aromatic nitrogens is 4. The maximum atomic E-state index is 12.9. The molecular weight excluding hydrogens is 394 g/mol. The van der Waals surface area contributed by atoms with Gasteiger partial charge in [-0.2, -0.15) is 0 Å². The van der Waals surface area contributed by atoms with Crippen molar-refractivity contribution >= 4 is 17.7 Å². The van der Waals surface area contributed by atoms with Crippen molar-refractivity contribution < 1.29 is 9.21 Å². The Labute approximate surface area is 170 Å². The van der Waals surface area contributed by atoms with Crippen molar-refractivity contribution in [3.63, 3.8) is 0 Å². The first kappa shape index (κ1) is 20.6. The summed E-state index contributed by atoms with van der Waals surface area (Å²) in [6.07, 6.45) is 0.0882. The van der Waals surface area contributed by atoms with Gasteiger partial charge in [-0.05, 0) is 19.4 Å². The Bertz CT molecular complexity index is 1100. The molecule has 0 fully saturated rings. The van der Waals surface area contributed by atoms with E-state index >= 15 is 0 Å². The van der Waals surface area contributed by atoms with Gasteiger partial charge in [-0.3, -0.25) is 14.2 Å². The minimum absolute atomic E-state index is 0.0882. The van der Waals surface area contributed by atoms with E-state index in [0.29, 0.717) is 17.8 Å². The van der Waals surface area contributed by atoms with Crippen LogP contribution in [0.2, 0.25) is 0 Å². The van der Waals surface area contributed by atoms with Gasteiger partial charge in [-0.25, -0.2) is 4.79 Å². The molecule has 10 heteroatoms. The molecule has 0 radical (unpaired) electrons. The predicted molar refractivity (Wildman–Crippen MR) is 108 cm³/mol. The molecule has 2 heterocycles. The maximum absolute atomic E-state index is 12.9. The molecule has 152 valence electrons. The van der Waals surface area contributed by atoms with Crippen molar-refractivity contribution in [1.29, 1.82) is 0 Å². The highest BCUT2D eigenvalue weighted by atomic mass is 32.2. The van der Waals surface area contributed by atoms with E-state index in [1.807, 2.05) is 37.3 Å². The monoisotopic (exact) mass is 415 g/mol. The number of amides is 1. The summed E-state index contributed by atoms with van der Waals surface area (Å²) >= 11 is 1.12. The fourth-order valence-corrected chi connectivity index (χ4v) is 3.34. The number of hydrogen-bond acceptors (Lipinski definition) is 7. The second-order valence-electron chi connectivity index (χ2n) is 6.29. The molecule has 3 aromatic rings. The number of aryl methyl sites for hydroxylation is 1. The molecule has 2 aromatic heterocycles. The number of carbonyl (C=O) groups is 1. The van der Waals surface area contributed by atoms with Crippen LogP contribution in [0.5, 0.6) is 0 Å². The van der Waals surface area contributed by atoms with Crippen LogP contribution in [0.15, 0.2) is 49.6 Å².